The number of likely N-dealkylation sites (tertiary alicyclic amines) is 1. The molecule has 142 valence electrons. The molecule has 2 N–H and O–H groups in total. The Kier molecular flexibility index (Phi) is 8.06. The van der Waals surface area contributed by atoms with E-state index in [2.05, 4.69) is 26.6 Å². The fraction of sp³-hybridized carbons (Fsp3) is 0.737. The van der Waals surface area contributed by atoms with E-state index in [1.807, 2.05) is 20.9 Å². The first kappa shape index (κ1) is 20.6. The molecule has 6 heteroatoms. The second-order valence-corrected chi connectivity index (χ2v) is 7.40. The zero-order chi connectivity index (χ0) is 16.9. The highest BCUT2D eigenvalue weighted by atomic mass is 127. The molecule has 1 aromatic heterocycles. The van der Waals surface area contributed by atoms with Crippen molar-refractivity contribution < 1.29 is 4.42 Å². The summed E-state index contributed by atoms with van der Waals surface area (Å²) in [6.07, 6.45) is 6.94. The van der Waals surface area contributed by atoms with Gasteiger partial charge in [-0.2, -0.15) is 0 Å². The maximum absolute atomic E-state index is 5.58. The third-order valence-electron chi connectivity index (χ3n) is 5.42. The van der Waals surface area contributed by atoms with E-state index in [0.29, 0.717) is 6.04 Å². The second-order valence-electron chi connectivity index (χ2n) is 7.40. The number of aliphatic imine (C=N–C) groups is 1. The minimum absolute atomic E-state index is 0. The number of furan rings is 1. The van der Waals surface area contributed by atoms with Crippen molar-refractivity contribution in [2.75, 3.05) is 26.7 Å². The highest BCUT2D eigenvalue weighted by Crippen LogP contribution is 2.26. The molecule has 0 radical (unpaired) electrons. The number of halogens is 1. The smallest absolute Gasteiger partial charge is 0.191 e. The third kappa shape index (κ3) is 5.88. The van der Waals surface area contributed by atoms with Gasteiger partial charge in [-0.05, 0) is 45.1 Å². The summed E-state index contributed by atoms with van der Waals surface area (Å²) < 4.78 is 5.58. The first-order chi connectivity index (χ1) is 11.6. The first-order valence-corrected chi connectivity index (χ1v) is 9.39. The van der Waals surface area contributed by atoms with Crippen LogP contribution in [0.1, 0.15) is 49.2 Å². The molecule has 1 aliphatic carbocycles. The summed E-state index contributed by atoms with van der Waals surface area (Å²) in [6, 6.07) is 2.60. The summed E-state index contributed by atoms with van der Waals surface area (Å²) in [7, 11) is 1.84. The summed E-state index contributed by atoms with van der Waals surface area (Å²) in [6.45, 7) is 8.39. The number of rotatable bonds is 5. The van der Waals surface area contributed by atoms with Crippen LogP contribution in [0.4, 0.5) is 0 Å². The Morgan fingerprint density at radius 3 is 2.68 bits per heavy atom. The van der Waals surface area contributed by atoms with Crippen LogP contribution in [0.5, 0.6) is 0 Å². The number of hydrogen-bond donors (Lipinski definition) is 2. The van der Waals surface area contributed by atoms with Crippen molar-refractivity contribution in [3.8, 4) is 0 Å². The number of nitrogens with one attached hydrogen (secondary N) is 2. The van der Waals surface area contributed by atoms with Gasteiger partial charge in [0.05, 0.1) is 0 Å². The quantitative estimate of drug-likeness (QED) is 0.402. The van der Waals surface area contributed by atoms with Crippen molar-refractivity contribution in [1.29, 1.82) is 0 Å². The zero-order valence-electron chi connectivity index (χ0n) is 15.8. The lowest BCUT2D eigenvalue weighted by atomic mass is 10.1. The highest BCUT2D eigenvalue weighted by Gasteiger charge is 2.26. The van der Waals surface area contributed by atoms with Crippen LogP contribution in [0, 0.1) is 19.8 Å². The molecule has 1 unspecified atom stereocenters. The predicted molar refractivity (Wildman–Crippen MR) is 114 cm³/mol. The fourth-order valence-corrected chi connectivity index (χ4v) is 4.10. The van der Waals surface area contributed by atoms with Crippen LogP contribution >= 0.6 is 24.0 Å². The summed E-state index contributed by atoms with van der Waals surface area (Å²) >= 11 is 0. The standard InChI is InChI=1S/C19H32N4O.HI/c1-14-10-17(15(2)24-14)11-21-19(20-3)22-18-8-9-23(13-18)12-16-6-4-5-7-16;/h10,16,18H,4-9,11-13H2,1-3H3,(H2,20,21,22);1H. The average Bonchev–Trinajstić information content (AvgIpc) is 3.27. The molecule has 2 heterocycles. The molecule has 25 heavy (non-hydrogen) atoms. The van der Waals surface area contributed by atoms with Crippen LogP contribution in [0.15, 0.2) is 15.5 Å². The van der Waals surface area contributed by atoms with Gasteiger partial charge >= 0.3 is 0 Å². The van der Waals surface area contributed by atoms with E-state index < -0.39 is 0 Å². The van der Waals surface area contributed by atoms with Gasteiger partial charge < -0.3 is 20.0 Å². The Morgan fingerprint density at radius 1 is 1.28 bits per heavy atom. The molecule has 1 aliphatic heterocycles. The van der Waals surface area contributed by atoms with Crippen molar-refractivity contribution >= 4 is 29.9 Å². The monoisotopic (exact) mass is 460 g/mol. The van der Waals surface area contributed by atoms with Gasteiger partial charge in [-0.25, -0.2) is 0 Å². The molecule has 3 rings (SSSR count). The van der Waals surface area contributed by atoms with Crippen LogP contribution in [-0.2, 0) is 6.54 Å². The van der Waals surface area contributed by atoms with Crippen molar-refractivity contribution in [3.63, 3.8) is 0 Å². The average molecular weight is 460 g/mol. The number of aryl methyl sites for hydroxylation is 2. The number of guanidine groups is 1. The Balaban J connectivity index is 0.00000225. The molecule has 0 bridgehead atoms. The first-order valence-electron chi connectivity index (χ1n) is 9.39. The Labute approximate surface area is 169 Å². The topological polar surface area (TPSA) is 52.8 Å². The Bertz CT molecular complexity index is 566. The lowest BCUT2D eigenvalue weighted by molar-refractivity contribution is 0.275. The summed E-state index contributed by atoms with van der Waals surface area (Å²) in [5.74, 6) is 3.78. The number of hydrogen-bond acceptors (Lipinski definition) is 3. The summed E-state index contributed by atoms with van der Waals surface area (Å²) in [5.41, 5.74) is 1.20. The maximum Gasteiger partial charge on any atom is 0.191 e. The van der Waals surface area contributed by atoms with Gasteiger partial charge in [0, 0.05) is 44.8 Å². The number of nitrogens with zero attached hydrogens (tertiary/aromatic N) is 2. The lowest BCUT2D eigenvalue weighted by Crippen LogP contribution is -2.44. The van der Waals surface area contributed by atoms with Gasteiger partial charge in [0.25, 0.3) is 0 Å². The van der Waals surface area contributed by atoms with Crippen LogP contribution < -0.4 is 10.6 Å². The Hall–Kier alpha value is -0.760. The van der Waals surface area contributed by atoms with Crippen molar-refractivity contribution in [3.05, 3.63) is 23.2 Å². The zero-order valence-corrected chi connectivity index (χ0v) is 18.1. The van der Waals surface area contributed by atoms with E-state index in [1.54, 1.807) is 0 Å². The molecule has 0 aromatic carbocycles. The van der Waals surface area contributed by atoms with E-state index >= 15 is 0 Å². The van der Waals surface area contributed by atoms with E-state index in [1.165, 1.54) is 50.8 Å². The van der Waals surface area contributed by atoms with Gasteiger partial charge in [0.15, 0.2) is 5.96 Å². The van der Waals surface area contributed by atoms with Gasteiger partial charge in [-0.15, -0.1) is 24.0 Å². The van der Waals surface area contributed by atoms with Crippen molar-refractivity contribution in [1.82, 2.24) is 15.5 Å². The molecule has 1 saturated carbocycles. The molecule has 1 atom stereocenters. The van der Waals surface area contributed by atoms with Gasteiger partial charge in [0.2, 0.25) is 0 Å². The normalized spacial score (nSPS) is 22.2. The Morgan fingerprint density at radius 2 is 2.04 bits per heavy atom. The SMILES string of the molecule is CN=C(NCc1cc(C)oc1C)NC1CCN(CC2CCCC2)C1.I. The van der Waals surface area contributed by atoms with Crippen LogP contribution in [0.2, 0.25) is 0 Å². The van der Waals surface area contributed by atoms with Crippen LogP contribution in [-0.4, -0.2) is 43.6 Å². The second kappa shape index (κ2) is 9.80. The maximum atomic E-state index is 5.58. The molecule has 2 aliphatic rings. The molecule has 1 saturated heterocycles. The molecule has 5 nitrogen and oxygen atoms in total. The van der Waals surface area contributed by atoms with Gasteiger partial charge in [-0.1, -0.05) is 12.8 Å². The van der Waals surface area contributed by atoms with E-state index in [4.69, 9.17) is 4.42 Å². The fourth-order valence-electron chi connectivity index (χ4n) is 4.10. The molecule has 1 aromatic rings. The minimum atomic E-state index is 0. The molecular weight excluding hydrogens is 427 g/mol. The molecule has 2 fully saturated rings. The largest absolute Gasteiger partial charge is 0.466 e. The molecular formula is C19H33IN4O. The van der Waals surface area contributed by atoms with Crippen LogP contribution in [0.3, 0.4) is 0 Å². The van der Waals surface area contributed by atoms with Crippen molar-refractivity contribution in [2.45, 2.75) is 58.5 Å². The third-order valence-corrected chi connectivity index (χ3v) is 5.42. The van der Waals surface area contributed by atoms with Gasteiger partial charge in [0.1, 0.15) is 11.5 Å². The summed E-state index contributed by atoms with van der Waals surface area (Å²) in [5, 5.41) is 7.00. The predicted octanol–water partition coefficient (Wildman–Crippen LogP) is 3.44. The van der Waals surface area contributed by atoms with Crippen LogP contribution in [0.25, 0.3) is 0 Å². The molecule has 0 amide bonds. The minimum Gasteiger partial charge on any atom is -0.466 e. The van der Waals surface area contributed by atoms with E-state index in [-0.39, 0.29) is 24.0 Å². The molecule has 0 spiro atoms. The lowest BCUT2D eigenvalue weighted by Gasteiger charge is -2.21. The van der Waals surface area contributed by atoms with E-state index in [9.17, 15) is 0 Å². The highest BCUT2D eigenvalue weighted by molar-refractivity contribution is 14.0. The van der Waals surface area contributed by atoms with E-state index in [0.717, 1.165) is 36.5 Å². The van der Waals surface area contributed by atoms with Crippen molar-refractivity contribution in [2.24, 2.45) is 10.9 Å². The van der Waals surface area contributed by atoms with Gasteiger partial charge in [-0.3, -0.25) is 4.99 Å². The summed E-state index contributed by atoms with van der Waals surface area (Å²) in [4.78, 5) is 7.01.